The van der Waals surface area contributed by atoms with E-state index < -0.39 is 17.7 Å². The van der Waals surface area contributed by atoms with Crippen molar-refractivity contribution in [3.05, 3.63) is 94.1 Å². The zero-order chi connectivity index (χ0) is 23.5. The molecule has 4 rings (SSSR count). The second kappa shape index (κ2) is 9.30. The van der Waals surface area contributed by atoms with Crippen molar-refractivity contribution in [1.29, 1.82) is 0 Å². The normalized spacial score (nSPS) is 10.6. The Kier molecular flexibility index (Phi) is 6.28. The number of halogens is 1. The minimum atomic E-state index is -0.899. The maximum absolute atomic E-state index is 13.0. The van der Waals surface area contributed by atoms with Crippen molar-refractivity contribution in [2.45, 2.75) is 13.8 Å². The molecule has 166 valence electrons. The van der Waals surface area contributed by atoms with Gasteiger partial charge in [-0.1, -0.05) is 51.8 Å². The number of nitrogens with one attached hydrogen (secondary N) is 3. The second-order valence-electron chi connectivity index (χ2n) is 7.60. The molecular formula is C25H21BrN4O3. The van der Waals surface area contributed by atoms with E-state index in [2.05, 4.69) is 32.0 Å². The van der Waals surface area contributed by atoms with Gasteiger partial charge in [0.05, 0.1) is 5.52 Å². The smallest absolute Gasteiger partial charge is 0.321 e. The van der Waals surface area contributed by atoms with E-state index in [1.807, 2.05) is 38.1 Å². The summed E-state index contributed by atoms with van der Waals surface area (Å²) in [5, 5.41) is 6.15. The number of hydrogen-bond donors (Lipinski definition) is 3. The molecule has 0 aliphatic rings. The number of carbonyl (C=O) groups excluding carboxylic acids is 3. The van der Waals surface area contributed by atoms with Gasteiger partial charge in [-0.3, -0.25) is 19.8 Å². The second-order valence-corrected chi connectivity index (χ2v) is 8.52. The molecule has 0 saturated heterocycles. The van der Waals surface area contributed by atoms with Gasteiger partial charge in [0.1, 0.15) is 5.69 Å². The SMILES string of the molecule is Cc1ccc(NC(=O)C(=O)Nn2c(C(=O)Nc3ccccc3)cc3cc(Br)ccc32)c(C)c1. The van der Waals surface area contributed by atoms with E-state index in [1.165, 1.54) is 4.68 Å². The quantitative estimate of drug-likeness (QED) is 0.342. The highest BCUT2D eigenvalue weighted by molar-refractivity contribution is 9.10. The molecule has 0 saturated carbocycles. The van der Waals surface area contributed by atoms with Gasteiger partial charge in [-0.05, 0) is 61.9 Å². The van der Waals surface area contributed by atoms with Crippen molar-refractivity contribution in [1.82, 2.24) is 4.68 Å². The fourth-order valence-electron chi connectivity index (χ4n) is 3.48. The average molecular weight is 505 g/mol. The molecular weight excluding hydrogens is 484 g/mol. The molecule has 7 nitrogen and oxygen atoms in total. The molecule has 3 amide bonds. The number of para-hydroxylation sites is 1. The minimum Gasteiger partial charge on any atom is -0.321 e. The Bertz CT molecular complexity index is 1380. The molecule has 1 aromatic heterocycles. The lowest BCUT2D eigenvalue weighted by Gasteiger charge is -2.13. The number of carbonyl (C=O) groups is 3. The Morgan fingerprint density at radius 1 is 0.818 bits per heavy atom. The van der Waals surface area contributed by atoms with Crippen LogP contribution < -0.4 is 16.1 Å². The van der Waals surface area contributed by atoms with Crippen molar-refractivity contribution >= 4 is 55.9 Å². The largest absolute Gasteiger partial charge is 0.328 e. The van der Waals surface area contributed by atoms with E-state index in [-0.39, 0.29) is 5.69 Å². The zero-order valence-corrected chi connectivity index (χ0v) is 19.6. The van der Waals surface area contributed by atoms with Crippen LogP contribution in [0.15, 0.2) is 77.3 Å². The van der Waals surface area contributed by atoms with Crippen LogP contribution in [0, 0.1) is 13.8 Å². The summed E-state index contributed by atoms with van der Waals surface area (Å²) < 4.78 is 2.14. The Morgan fingerprint density at radius 2 is 1.58 bits per heavy atom. The Morgan fingerprint density at radius 3 is 2.30 bits per heavy atom. The highest BCUT2D eigenvalue weighted by Crippen LogP contribution is 2.24. The van der Waals surface area contributed by atoms with Crippen molar-refractivity contribution in [3.8, 4) is 0 Å². The molecule has 0 bridgehead atoms. The number of nitrogens with zero attached hydrogens (tertiary/aromatic N) is 1. The highest BCUT2D eigenvalue weighted by Gasteiger charge is 2.21. The highest BCUT2D eigenvalue weighted by atomic mass is 79.9. The van der Waals surface area contributed by atoms with Gasteiger partial charge in [0.15, 0.2) is 0 Å². The molecule has 8 heteroatoms. The van der Waals surface area contributed by atoms with Crippen LogP contribution in [-0.2, 0) is 9.59 Å². The lowest BCUT2D eigenvalue weighted by atomic mass is 10.1. The van der Waals surface area contributed by atoms with Crippen LogP contribution in [0.2, 0.25) is 0 Å². The fourth-order valence-corrected chi connectivity index (χ4v) is 3.85. The molecule has 0 spiro atoms. The topological polar surface area (TPSA) is 92.2 Å². The van der Waals surface area contributed by atoms with Crippen molar-refractivity contribution < 1.29 is 14.4 Å². The van der Waals surface area contributed by atoms with Gasteiger partial charge in [0.2, 0.25) is 0 Å². The van der Waals surface area contributed by atoms with Crippen LogP contribution >= 0.6 is 15.9 Å². The maximum atomic E-state index is 13.0. The zero-order valence-electron chi connectivity index (χ0n) is 18.0. The first kappa shape index (κ1) is 22.3. The van der Waals surface area contributed by atoms with Crippen molar-refractivity contribution in [2.24, 2.45) is 0 Å². The van der Waals surface area contributed by atoms with Gasteiger partial charge in [-0.15, -0.1) is 0 Å². The molecule has 4 aromatic rings. The van der Waals surface area contributed by atoms with Gasteiger partial charge in [0.25, 0.3) is 5.91 Å². The summed E-state index contributed by atoms with van der Waals surface area (Å²) in [5.41, 5.74) is 6.36. The Hall–Kier alpha value is -3.91. The van der Waals surface area contributed by atoms with Crippen LogP contribution in [0.3, 0.4) is 0 Å². The third-order valence-electron chi connectivity index (χ3n) is 5.08. The van der Waals surface area contributed by atoms with Gasteiger partial charge >= 0.3 is 11.8 Å². The molecule has 1 heterocycles. The van der Waals surface area contributed by atoms with Gasteiger partial charge in [0, 0.05) is 21.2 Å². The number of anilines is 2. The van der Waals surface area contributed by atoms with E-state index in [9.17, 15) is 14.4 Å². The molecule has 0 fully saturated rings. The predicted molar refractivity (Wildman–Crippen MR) is 133 cm³/mol. The number of aryl methyl sites for hydroxylation is 2. The first-order valence-corrected chi connectivity index (χ1v) is 11.0. The summed E-state index contributed by atoms with van der Waals surface area (Å²) in [6.07, 6.45) is 0. The first-order chi connectivity index (χ1) is 15.8. The predicted octanol–water partition coefficient (Wildman–Crippen LogP) is 4.98. The molecule has 3 aromatic carbocycles. The monoisotopic (exact) mass is 504 g/mol. The number of hydrogen-bond acceptors (Lipinski definition) is 3. The van der Waals surface area contributed by atoms with Crippen LogP contribution in [0.5, 0.6) is 0 Å². The summed E-state index contributed by atoms with van der Waals surface area (Å²) in [6, 6.07) is 21.5. The fraction of sp³-hybridized carbons (Fsp3) is 0.0800. The van der Waals surface area contributed by atoms with Gasteiger partial charge in [-0.2, -0.15) is 0 Å². The van der Waals surface area contributed by atoms with Crippen LogP contribution in [0.4, 0.5) is 11.4 Å². The number of fused-ring (bicyclic) bond motifs is 1. The maximum Gasteiger partial charge on any atom is 0.328 e. The van der Waals surface area contributed by atoms with E-state index in [1.54, 1.807) is 48.5 Å². The number of benzene rings is 3. The Balaban J connectivity index is 1.62. The summed E-state index contributed by atoms with van der Waals surface area (Å²) in [6.45, 7) is 3.80. The van der Waals surface area contributed by atoms with E-state index in [0.717, 1.165) is 21.0 Å². The first-order valence-electron chi connectivity index (χ1n) is 10.2. The average Bonchev–Trinajstić information content (AvgIpc) is 3.13. The summed E-state index contributed by atoms with van der Waals surface area (Å²) in [7, 11) is 0. The number of rotatable bonds is 4. The summed E-state index contributed by atoms with van der Waals surface area (Å²) in [5.74, 6) is -2.16. The standard InChI is InChI=1S/C25H21BrN4O3/c1-15-8-10-20(16(2)12-15)28-24(32)25(33)29-30-21-11-9-18(26)13-17(21)14-22(30)23(31)27-19-6-4-3-5-7-19/h3-14H,1-2H3,(H,27,31)(H,28,32)(H,29,33). The third-order valence-corrected chi connectivity index (χ3v) is 5.57. The molecule has 0 aliphatic carbocycles. The lowest BCUT2D eigenvalue weighted by molar-refractivity contribution is -0.133. The minimum absolute atomic E-state index is 0.180. The van der Waals surface area contributed by atoms with Crippen LogP contribution in [0.25, 0.3) is 10.9 Å². The van der Waals surface area contributed by atoms with E-state index in [4.69, 9.17) is 0 Å². The third kappa shape index (κ3) is 4.96. The molecule has 0 unspecified atom stereocenters. The van der Waals surface area contributed by atoms with Gasteiger partial charge < -0.3 is 10.6 Å². The number of amides is 3. The van der Waals surface area contributed by atoms with Crippen molar-refractivity contribution in [2.75, 3.05) is 16.1 Å². The Labute approximate surface area is 198 Å². The molecule has 33 heavy (non-hydrogen) atoms. The van der Waals surface area contributed by atoms with E-state index >= 15 is 0 Å². The summed E-state index contributed by atoms with van der Waals surface area (Å²) in [4.78, 5) is 38.4. The molecule has 0 radical (unpaired) electrons. The molecule has 0 aliphatic heterocycles. The van der Waals surface area contributed by atoms with Crippen LogP contribution in [-0.4, -0.2) is 22.4 Å². The lowest BCUT2D eigenvalue weighted by Crippen LogP contribution is -2.36. The molecule has 3 N–H and O–H groups in total. The summed E-state index contributed by atoms with van der Waals surface area (Å²) >= 11 is 3.42. The van der Waals surface area contributed by atoms with Crippen LogP contribution in [0.1, 0.15) is 21.6 Å². The van der Waals surface area contributed by atoms with Crippen molar-refractivity contribution in [3.63, 3.8) is 0 Å². The number of aromatic nitrogens is 1. The molecule has 0 atom stereocenters. The van der Waals surface area contributed by atoms with Gasteiger partial charge in [-0.25, -0.2) is 4.68 Å². The van der Waals surface area contributed by atoms with E-state index in [0.29, 0.717) is 16.9 Å².